The highest BCUT2D eigenvalue weighted by molar-refractivity contribution is 5.94. The van der Waals surface area contributed by atoms with E-state index in [1.807, 2.05) is 13.8 Å². The minimum atomic E-state index is -0.628. The summed E-state index contributed by atoms with van der Waals surface area (Å²) in [7, 11) is 0. The van der Waals surface area contributed by atoms with Crippen LogP contribution in [0.3, 0.4) is 0 Å². The minimum Gasteiger partial charge on any atom is -0.490 e. The van der Waals surface area contributed by atoms with Gasteiger partial charge in [0.05, 0.1) is 24.6 Å². The summed E-state index contributed by atoms with van der Waals surface area (Å²) < 4.78 is 15.9. The fourth-order valence-corrected chi connectivity index (χ4v) is 2.33. The van der Waals surface area contributed by atoms with Crippen molar-refractivity contribution in [2.24, 2.45) is 5.10 Å². The van der Waals surface area contributed by atoms with Crippen molar-refractivity contribution >= 4 is 18.1 Å². The standard InChI is InChI=1S/C21H19N3O5/c1-3-27-19-11-15(7-9-17(19)29-21(26)18-5-4-10-28-18)12-23-24-20(25)16-8-6-14(2)22-13-16/h4-13H,3H2,1-2H3,(H,24,25). The maximum Gasteiger partial charge on any atom is 0.379 e. The van der Waals surface area contributed by atoms with Crippen LogP contribution in [0, 0.1) is 6.92 Å². The topological polar surface area (TPSA) is 103 Å². The second-order valence-corrected chi connectivity index (χ2v) is 5.89. The molecule has 2 heterocycles. The van der Waals surface area contributed by atoms with Crippen LogP contribution in [0.2, 0.25) is 0 Å². The van der Waals surface area contributed by atoms with Gasteiger partial charge < -0.3 is 13.9 Å². The molecule has 0 aliphatic carbocycles. The summed E-state index contributed by atoms with van der Waals surface area (Å²) >= 11 is 0. The number of carbonyl (C=O) groups is 2. The monoisotopic (exact) mass is 393 g/mol. The van der Waals surface area contributed by atoms with E-state index in [4.69, 9.17) is 13.9 Å². The van der Waals surface area contributed by atoms with Crippen LogP contribution >= 0.6 is 0 Å². The third-order valence-electron chi connectivity index (χ3n) is 3.75. The van der Waals surface area contributed by atoms with Crippen molar-refractivity contribution in [3.8, 4) is 11.5 Å². The van der Waals surface area contributed by atoms with Gasteiger partial charge in [0.15, 0.2) is 11.5 Å². The molecule has 0 spiro atoms. The molecule has 1 aromatic carbocycles. The van der Waals surface area contributed by atoms with Gasteiger partial charge in [-0.1, -0.05) is 0 Å². The lowest BCUT2D eigenvalue weighted by Gasteiger charge is -2.10. The van der Waals surface area contributed by atoms with Crippen LogP contribution in [0.1, 0.15) is 39.1 Å². The highest BCUT2D eigenvalue weighted by atomic mass is 16.6. The third kappa shape index (κ3) is 5.29. The first-order chi connectivity index (χ1) is 14.1. The molecule has 3 aromatic rings. The van der Waals surface area contributed by atoms with Gasteiger partial charge in [-0.25, -0.2) is 10.2 Å². The summed E-state index contributed by atoms with van der Waals surface area (Å²) in [5.74, 6) is -0.295. The van der Waals surface area contributed by atoms with Gasteiger partial charge in [-0.15, -0.1) is 0 Å². The van der Waals surface area contributed by atoms with E-state index in [0.717, 1.165) is 5.69 Å². The number of esters is 1. The lowest BCUT2D eigenvalue weighted by molar-refractivity contribution is 0.0695. The molecule has 3 rings (SSSR count). The zero-order valence-electron chi connectivity index (χ0n) is 15.9. The van der Waals surface area contributed by atoms with Crippen molar-refractivity contribution in [3.05, 3.63) is 77.5 Å². The molecule has 0 saturated heterocycles. The van der Waals surface area contributed by atoms with Gasteiger partial charge in [-0.3, -0.25) is 9.78 Å². The Morgan fingerprint density at radius 2 is 2.07 bits per heavy atom. The van der Waals surface area contributed by atoms with Crippen molar-refractivity contribution in [1.29, 1.82) is 0 Å². The van der Waals surface area contributed by atoms with Gasteiger partial charge in [0.2, 0.25) is 5.76 Å². The first-order valence-electron chi connectivity index (χ1n) is 8.85. The summed E-state index contributed by atoms with van der Waals surface area (Å²) in [6, 6.07) is 11.4. The summed E-state index contributed by atoms with van der Waals surface area (Å²) in [5.41, 5.74) is 4.31. The molecular weight excluding hydrogens is 374 g/mol. The van der Waals surface area contributed by atoms with E-state index in [0.29, 0.717) is 23.5 Å². The predicted molar refractivity (Wildman–Crippen MR) is 105 cm³/mol. The van der Waals surface area contributed by atoms with Gasteiger partial charge in [-0.05, 0) is 61.9 Å². The van der Waals surface area contributed by atoms with Crippen LogP contribution < -0.4 is 14.9 Å². The Balaban J connectivity index is 1.68. The van der Waals surface area contributed by atoms with E-state index in [1.165, 1.54) is 24.7 Å². The molecule has 1 amide bonds. The van der Waals surface area contributed by atoms with E-state index in [1.54, 1.807) is 36.4 Å². The number of hydrogen-bond acceptors (Lipinski definition) is 7. The van der Waals surface area contributed by atoms with Crippen LogP contribution in [0.25, 0.3) is 0 Å². The molecule has 0 bridgehead atoms. The molecular formula is C21H19N3O5. The molecule has 2 aromatic heterocycles. The van der Waals surface area contributed by atoms with Crippen molar-refractivity contribution in [3.63, 3.8) is 0 Å². The van der Waals surface area contributed by atoms with Crippen LogP contribution in [0.4, 0.5) is 0 Å². The maximum atomic E-state index is 12.1. The number of benzene rings is 1. The van der Waals surface area contributed by atoms with Gasteiger partial charge in [-0.2, -0.15) is 5.10 Å². The summed E-state index contributed by atoms with van der Waals surface area (Å²) in [6.07, 6.45) is 4.33. The number of amides is 1. The normalized spacial score (nSPS) is 10.7. The lowest BCUT2D eigenvalue weighted by Crippen LogP contribution is -2.17. The number of carbonyl (C=O) groups excluding carboxylic acids is 2. The number of nitrogens with zero attached hydrogens (tertiary/aromatic N) is 2. The Morgan fingerprint density at radius 1 is 1.21 bits per heavy atom. The largest absolute Gasteiger partial charge is 0.490 e. The number of aryl methyl sites for hydroxylation is 1. The van der Waals surface area contributed by atoms with E-state index in [2.05, 4.69) is 15.5 Å². The van der Waals surface area contributed by atoms with E-state index >= 15 is 0 Å². The Morgan fingerprint density at radius 3 is 2.76 bits per heavy atom. The van der Waals surface area contributed by atoms with Crippen LogP contribution in [-0.4, -0.2) is 29.7 Å². The molecule has 148 valence electrons. The average molecular weight is 393 g/mol. The average Bonchev–Trinajstić information content (AvgIpc) is 3.25. The maximum absolute atomic E-state index is 12.1. The Bertz CT molecular complexity index is 1010. The van der Waals surface area contributed by atoms with Gasteiger partial charge in [0, 0.05) is 11.9 Å². The number of pyridine rings is 1. The molecule has 8 heteroatoms. The quantitative estimate of drug-likeness (QED) is 0.286. The summed E-state index contributed by atoms with van der Waals surface area (Å²) in [4.78, 5) is 28.2. The number of rotatable bonds is 7. The zero-order chi connectivity index (χ0) is 20.6. The zero-order valence-corrected chi connectivity index (χ0v) is 15.9. The molecule has 0 aliphatic heterocycles. The molecule has 0 aliphatic rings. The Labute approximate surface area is 167 Å². The first-order valence-corrected chi connectivity index (χ1v) is 8.85. The summed E-state index contributed by atoms with van der Waals surface area (Å²) in [6.45, 7) is 4.03. The van der Waals surface area contributed by atoms with Crippen LogP contribution in [-0.2, 0) is 0 Å². The number of hydrazone groups is 1. The predicted octanol–water partition coefficient (Wildman–Crippen LogP) is 3.36. The van der Waals surface area contributed by atoms with Gasteiger partial charge in [0.1, 0.15) is 0 Å². The number of furan rings is 1. The molecule has 0 saturated carbocycles. The van der Waals surface area contributed by atoms with E-state index in [-0.39, 0.29) is 17.4 Å². The van der Waals surface area contributed by atoms with Gasteiger partial charge >= 0.3 is 5.97 Å². The lowest BCUT2D eigenvalue weighted by atomic mass is 10.2. The summed E-state index contributed by atoms with van der Waals surface area (Å²) in [5, 5.41) is 3.94. The molecule has 0 atom stereocenters. The highest BCUT2D eigenvalue weighted by Crippen LogP contribution is 2.29. The third-order valence-corrected chi connectivity index (χ3v) is 3.75. The number of aromatic nitrogens is 1. The Hall–Kier alpha value is -3.94. The fourth-order valence-electron chi connectivity index (χ4n) is 2.33. The molecule has 29 heavy (non-hydrogen) atoms. The SMILES string of the molecule is CCOc1cc(C=NNC(=O)c2ccc(C)nc2)ccc1OC(=O)c1ccco1. The van der Waals surface area contributed by atoms with E-state index < -0.39 is 5.97 Å². The second-order valence-electron chi connectivity index (χ2n) is 5.89. The number of ether oxygens (including phenoxy) is 2. The Kier molecular flexibility index (Phi) is 6.36. The van der Waals surface area contributed by atoms with Crippen LogP contribution in [0.15, 0.2) is 64.4 Å². The number of hydrogen-bond donors (Lipinski definition) is 1. The van der Waals surface area contributed by atoms with Crippen molar-refractivity contribution < 1.29 is 23.5 Å². The first kappa shape index (κ1) is 19.8. The van der Waals surface area contributed by atoms with E-state index in [9.17, 15) is 9.59 Å². The molecule has 0 fully saturated rings. The fraction of sp³-hybridized carbons (Fsp3) is 0.143. The molecule has 8 nitrogen and oxygen atoms in total. The van der Waals surface area contributed by atoms with Crippen molar-refractivity contribution in [2.45, 2.75) is 13.8 Å². The molecule has 0 unspecified atom stereocenters. The smallest absolute Gasteiger partial charge is 0.379 e. The van der Waals surface area contributed by atoms with Crippen molar-refractivity contribution in [1.82, 2.24) is 10.4 Å². The minimum absolute atomic E-state index is 0.0893. The van der Waals surface area contributed by atoms with Gasteiger partial charge in [0.25, 0.3) is 5.91 Å². The van der Waals surface area contributed by atoms with Crippen molar-refractivity contribution in [2.75, 3.05) is 6.61 Å². The molecule has 0 radical (unpaired) electrons. The van der Waals surface area contributed by atoms with Crippen LogP contribution in [0.5, 0.6) is 11.5 Å². The molecule has 1 N–H and O–H groups in total. The number of nitrogens with one attached hydrogen (secondary N) is 1. The highest BCUT2D eigenvalue weighted by Gasteiger charge is 2.15. The second kappa shape index (κ2) is 9.32.